The van der Waals surface area contributed by atoms with Gasteiger partial charge in [-0.25, -0.2) is 0 Å². The predicted octanol–water partition coefficient (Wildman–Crippen LogP) is 9.20. The fourth-order valence-electron chi connectivity index (χ4n) is 3.03. The Morgan fingerprint density at radius 3 is 1.21 bits per heavy atom. The fourth-order valence-corrected chi connectivity index (χ4v) is 7.37. The molecule has 0 aliphatic heterocycles. The van der Waals surface area contributed by atoms with Crippen LogP contribution < -0.4 is 0 Å². The van der Waals surface area contributed by atoms with Crippen LogP contribution in [0, 0.1) is 0 Å². The topological polar surface area (TPSA) is 0 Å². The summed E-state index contributed by atoms with van der Waals surface area (Å²) in [6.07, 6.45) is -6.87. The van der Waals surface area contributed by atoms with Gasteiger partial charge >= 0.3 is 23.9 Å². The van der Waals surface area contributed by atoms with Crippen molar-refractivity contribution in [2.45, 2.75) is 38.6 Å². The number of halogens is 10. The summed E-state index contributed by atoms with van der Waals surface area (Å²) in [6.45, 7) is 0. The second kappa shape index (κ2) is 8.57. The van der Waals surface area contributed by atoms with Gasteiger partial charge in [0.15, 0.2) is 0 Å². The van der Waals surface area contributed by atoms with Gasteiger partial charge in [0.1, 0.15) is 0 Å². The molecule has 0 heterocycles. The first-order chi connectivity index (χ1) is 15.2. The zero-order valence-electron chi connectivity index (χ0n) is 16.3. The lowest BCUT2D eigenvalue weighted by molar-refractivity contribution is -0.399. The van der Waals surface area contributed by atoms with Crippen LogP contribution in [-0.2, 0) is 5.92 Å². The molecule has 0 saturated carbocycles. The number of benzene rings is 3. The van der Waals surface area contributed by atoms with Crippen molar-refractivity contribution in [1.29, 1.82) is 0 Å². The zero-order chi connectivity index (χ0) is 24.7. The first-order valence-electron chi connectivity index (χ1n) is 9.11. The van der Waals surface area contributed by atoms with E-state index in [-0.39, 0.29) is 0 Å². The van der Waals surface area contributed by atoms with Gasteiger partial charge in [0.25, 0.3) is 0 Å². The molecule has 0 spiro atoms. The van der Waals surface area contributed by atoms with Gasteiger partial charge in [0.05, 0.1) is 0 Å². The molecule has 0 atom stereocenters. The summed E-state index contributed by atoms with van der Waals surface area (Å²) in [5, 5.41) is 0. The van der Waals surface area contributed by atoms with E-state index in [2.05, 4.69) is 14.8 Å². The third kappa shape index (κ3) is 4.14. The lowest BCUT2D eigenvalue weighted by atomic mass is 9.97. The van der Waals surface area contributed by atoms with Crippen molar-refractivity contribution >= 4 is 23.3 Å². The maximum atomic E-state index is 14.3. The molecule has 11 heteroatoms. The summed E-state index contributed by atoms with van der Waals surface area (Å²) in [6, 6.07) is 20.3. The highest BCUT2D eigenvalue weighted by molar-refractivity contribution is 9.58. The Labute approximate surface area is 191 Å². The van der Waals surface area contributed by atoms with Gasteiger partial charge in [0.2, 0.25) is 0 Å². The van der Waals surface area contributed by atoms with Crippen LogP contribution in [0.15, 0.2) is 99.6 Å². The van der Waals surface area contributed by atoms with Crippen molar-refractivity contribution in [3.8, 4) is 0 Å². The van der Waals surface area contributed by atoms with Crippen LogP contribution >= 0.6 is 23.3 Å². The molecule has 3 rings (SSSR count). The highest BCUT2D eigenvalue weighted by Crippen LogP contribution is 2.74. The lowest BCUT2D eigenvalue weighted by Crippen LogP contribution is -2.59. The average molecular weight is 561 g/mol. The summed E-state index contributed by atoms with van der Waals surface area (Å²) in [5.74, 6) is -19.5. The van der Waals surface area contributed by atoms with Crippen molar-refractivity contribution in [2.24, 2.45) is 0 Å². The molecular formula is C22H14BrF9S. The van der Waals surface area contributed by atoms with Gasteiger partial charge in [-0.15, -0.1) is 8.46 Å². The van der Waals surface area contributed by atoms with E-state index in [0.717, 1.165) is 12.1 Å². The van der Waals surface area contributed by atoms with E-state index in [0.29, 0.717) is 26.8 Å². The summed E-state index contributed by atoms with van der Waals surface area (Å²) in [4.78, 5) is 1.76. The average Bonchev–Trinajstić information content (AvgIpc) is 2.78. The van der Waals surface area contributed by atoms with Gasteiger partial charge < -0.3 is 0 Å². The number of alkyl halides is 9. The van der Waals surface area contributed by atoms with E-state index in [1.165, 1.54) is 0 Å². The van der Waals surface area contributed by atoms with E-state index < -0.39 is 38.0 Å². The quantitative estimate of drug-likeness (QED) is 0.263. The van der Waals surface area contributed by atoms with E-state index in [4.69, 9.17) is 0 Å². The lowest BCUT2D eigenvalue weighted by Gasteiger charge is -2.36. The van der Waals surface area contributed by atoms with Crippen LogP contribution in [-0.4, -0.2) is 18.0 Å². The van der Waals surface area contributed by atoms with Crippen molar-refractivity contribution in [3.05, 3.63) is 90.5 Å². The SMILES string of the molecule is FC(F)(F)C(F)(F)C(F)(F)C(F)(F)c1ccc(S(Br)(c2ccccc2)c2ccccc2)cc1. The largest absolute Gasteiger partial charge is 0.460 e. The normalized spacial score (nSPS) is 14.2. The maximum Gasteiger partial charge on any atom is 0.460 e. The molecule has 0 bridgehead atoms. The molecule has 33 heavy (non-hydrogen) atoms. The van der Waals surface area contributed by atoms with Crippen molar-refractivity contribution in [2.75, 3.05) is 0 Å². The Morgan fingerprint density at radius 2 is 0.848 bits per heavy atom. The summed E-state index contributed by atoms with van der Waals surface area (Å²) >= 11 is 3.66. The minimum atomic E-state index is -6.94. The molecule has 0 amide bonds. The molecule has 0 saturated heterocycles. The molecule has 3 aromatic carbocycles. The zero-order valence-corrected chi connectivity index (χ0v) is 18.7. The van der Waals surface area contributed by atoms with E-state index in [1.807, 2.05) is 0 Å². The van der Waals surface area contributed by atoms with Gasteiger partial charge in [-0.05, 0) is 51.2 Å². The Morgan fingerprint density at radius 1 is 0.485 bits per heavy atom. The Bertz CT molecular complexity index is 1040. The van der Waals surface area contributed by atoms with Gasteiger partial charge in [0, 0.05) is 20.2 Å². The van der Waals surface area contributed by atoms with Crippen LogP contribution in [0.25, 0.3) is 0 Å². The molecule has 0 unspecified atom stereocenters. The number of hydrogen-bond donors (Lipinski definition) is 0. The fraction of sp³-hybridized carbons (Fsp3) is 0.182. The summed E-state index contributed by atoms with van der Waals surface area (Å²) in [5.41, 5.74) is -1.67. The first kappa shape index (κ1) is 25.5. The van der Waals surface area contributed by atoms with Gasteiger partial charge in [-0.3, -0.25) is 0 Å². The molecular weight excluding hydrogens is 547 g/mol. The minimum Gasteiger partial charge on any atom is -0.194 e. The highest BCUT2D eigenvalue weighted by atomic mass is 79.9. The molecule has 0 N–H and O–H groups in total. The number of hydrogen-bond acceptors (Lipinski definition) is 0. The smallest absolute Gasteiger partial charge is 0.194 e. The van der Waals surface area contributed by atoms with Crippen LogP contribution in [0.3, 0.4) is 0 Å². The molecule has 0 nitrogen and oxygen atoms in total. The second-order valence-electron chi connectivity index (χ2n) is 6.91. The molecule has 0 aliphatic carbocycles. The predicted molar refractivity (Wildman–Crippen MR) is 110 cm³/mol. The Kier molecular flexibility index (Phi) is 6.62. The molecule has 0 radical (unpaired) electrons. The Hall–Kier alpha value is -2.14. The van der Waals surface area contributed by atoms with E-state index >= 15 is 0 Å². The molecule has 3 aromatic rings. The third-order valence-corrected chi connectivity index (χ3v) is 11.0. The van der Waals surface area contributed by atoms with E-state index in [1.54, 1.807) is 60.7 Å². The van der Waals surface area contributed by atoms with E-state index in [9.17, 15) is 39.5 Å². The van der Waals surface area contributed by atoms with Crippen molar-refractivity contribution in [3.63, 3.8) is 0 Å². The van der Waals surface area contributed by atoms with Crippen LogP contribution in [0.2, 0.25) is 0 Å². The molecule has 178 valence electrons. The monoisotopic (exact) mass is 560 g/mol. The van der Waals surface area contributed by atoms with Gasteiger partial charge in [-0.1, -0.05) is 48.5 Å². The molecule has 0 aliphatic rings. The van der Waals surface area contributed by atoms with Crippen LogP contribution in [0.5, 0.6) is 0 Å². The Balaban J connectivity index is 2.10. The minimum absolute atomic E-state index is 0.338. The first-order valence-corrected chi connectivity index (χ1v) is 12.6. The highest BCUT2D eigenvalue weighted by Gasteiger charge is 2.82. The maximum absolute atomic E-state index is 14.3. The summed E-state index contributed by atoms with van der Waals surface area (Å²) < 4.78 is 120. The van der Waals surface area contributed by atoms with Crippen molar-refractivity contribution in [1.82, 2.24) is 0 Å². The van der Waals surface area contributed by atoms with Crippen molar-refractivity contribution < 1.29 is 39.5 Å². The third-order valence-electron chi connectivity index (χ3n) is 4.82. The summed E-state index contributed by atoms with van der Waals surface area (Å²) in [7, 11) is -2.27. The standard InChI is InChI=1S/C22H14BrF9S/c23-33(16-7-3-1-4-8-16,17-9-5-2-6-10-17)18-13-11-15(12-14-18)19(24,25)20(26,27)21(28,29)22(30,31)32/h1-14H. The molecule has 0 fully saturated rings. The second-order valence-corrected chi connectivity index (χ2v) is 12.3. The number of rotatable bonds is 6. The van der Waals surface area contributed by atoms with Crippen LogP contribution in [0.1, 0.15) is 5.56 Å². The molecule has 0 aromatic heterocycles. The van der Waals surface area contributed by atoms with Gasteiger partial charge in [-0.2, -0.15) is 39.5 Å². The van der Waals surface area contributed by atoms with Crippen LogP contribution in [0.4, 0.5) is 39.5 Å².